The van der Waals surface area contributed by atoms with Gasteiger partial charge in [0.15, 0.2) is 0 Å². The number of carboxylic acid groups (broad SMARTS) is 1. The number of phenols is 1. The molecule has 0 saturated carbocycles. The van der Waals surface area contributed by atoms with Gasteiger partial charge in [0, 0.05) is 11.1 Å². The average molecular weight is 212 g/mol. The number of hydrogen-bond acceptors (Lipinski definition) is 3. The first-order valence-electron chi connectivity index (χ1n) is 4.18. The molecule has 1 aromatic carbocycles. The first-order valence-corrected chi connectivity index (χ1v) is 4.18. The largest absolute Gasteiger partial charge is 0.508 e. The van der Waals surface area contributed by atoms with Crippen molar-refractivity contribution in [2.75, 3.05) is 0 Å². The highest BCUT2D eigenvalue weighted by molar-refractivity contribution is 6.39. The molecule has 1 unspecified atom stereocenters. The first-order chi connectivity index (χ1) is 6.93. The van der Waals surface area contributed by atoms with Crippen molar-refractivity contribution >= 4 is 11.8 Å². The quantitative estimate of drug-likeness (QED) is 0.590. The molecule has 0 aliphatic rings. The second-order valence-electron chi connectivity index (χ2n) is 3.02. The minimum Gasteiger partial charge on any atom is -0.508 e. The molecule has 0 aromatic heterocycles. The van der Waals surface area contributed by atoms with E-state index in [1.54, 1.807) is 0 Å². The van der Waals surface area contributed by atoms with Gasteiger partial charge in [-0.25, -0.2) is 9.18 Å². The molecule has 4 nitrogen and oxygen atoms in total. The van der Waals surface area contributed by atoms with Gasteiger partial charge in [0.25, 0.3) is 5.78 Å². The third kappa shape index (κ3) is 2.31. The van der Waals surface area contributed by atoms with Gasteiger partial charge in [-0.15, -0.1) is 0 Å². The van der Waals surface area contributed by atoms with Crippen molar-refractivity contribution in [1.29, 1.82) is 0 Å². The van der Waals surface area contributed by atoms with E-state index < -0.39 is 17.9 Å². The summed E-state index contributed by atoms with van der Waals surface area (Å²) >= 11 is 0. The molecular formula is C10H9FO4. The molecule has 5 heteroatoms. The van der Waals surface area contributed by atoms with E-state index >= 15 is 0 Å². The van der Waals surface area contributed by atoms with Crippen LogP contribution < -0.4 is 0 Å². The van der Waals surface area contributed by atoms with Crippen LogP contribution >= 0.6 is 0 Å². The van der Waals surface area contributed by atoms with E-state index in [0.29, 0.717) is 0 Å². The number of carbonyl (C=O) groups is 2. The van der Waals surface area contributed by atoms with E-state index in [-0.39, 0.29) is 16.9 Å². The maximum atomic E-state index is 12.9. The van der Waals surface area contributed by atoms with Crippen LogP contribution in [0, 0.1) is 0 Å². The number of alkyl halides is 1. The lowest BCUT2D eigenvalue weighted by Gasteiger charge is -2.06. The van der Waals surface area contributed by atoms with Gasteiger partial charge < -0.3 is 10.2 Å². The second kappa shape index (κ2) is 4.08. The average Bonchev–Trinajstić information content (AvgIpc) is 2.16. The van der Waals surface area contributed by atoms with E-state index in [1.165, 1.54) is 6.92 Å². The maximum Gasteiger partial charge on any atom is 0.377 e. The Kier molecular flexibility index (Phi) is 3.04. The third-order valence-corrected chi connectivity index (χ3v) is 1.91. The highest BCUT2D eigenvalue weighted by atomic mass is 19.1. The van der Waals surface area contributed by atoms with Crippen LogP contribution in [0.5, 0.6) is 5.75 Å². The van der Waals surface area contributed by atoms with Gasteiger partial charge in [-0.05, 0) is 25.1 Å². The lowest BCUT2D eigenvalue weighted by molar-refractivity contribution is -0.131. The van der Waals surface area contributed by atoms with Crippen LogP contribution in [0.15, 0.2) is 18.2 Å². The number of aliphatic carboxylic acids is 1. The van der Waals surface area contributed by atoms with E-state index in [1.807, 2.05) is 0 Å². The Labute approximate surface area is 85.0 Å². The SMILES string of the molecule is CC(F)c1cc(C(=O)C(=O)O)ccc1O. The van der Waals surface area contributed by atoms with Crippen LogP contribution in [0.4, 0.5) is 4.39 Å². The molecule has 1 aromatic rings. The van der Waals surface area contributed by atoms with Crippen LogP contribution in [-0.2, 0) is 4.79 Å². The Hall–Kier alpha value is -1.91. The Morgan fingerprint density at radius 2 is 2.00 bits per heavy atom. The van der Waals surface area contributed by atoms with Crippen molar-refractivity contribution in [3.8, 4) is 5.75 Å². The molecule has 2 N–H and O–H groups in total. The number of hydrogen-bond donors (Lipinski definition) is 2. The fourth-order valence-corrected chi connectivity index (χ4v) is 1.14. The van der Waals surface area contributed by atoms with Gasteiger partial charge in [0.05, 0.1) is 0 Å². The molecule has 0 aliphatic carbocycles. The minimum absolute atomic E-state index is 0.0953. The summed E-state index contributed by atoms with van der Waals surface area (Å²) in [7, 11) is 0. The lowest BCUT2D eigenvalue weighted by Crippen LogP contribution is -2.12. The van der Waals surface area contributed by atoms with Crippen molar-refractivity contribution in [1.82, 2.24) is 0 Å². The van der Waals surface area contributed by atoms with Crippen molar-refractivity contribution in [3.05, 3.63) is 29.3 Å². The number of halogens is 1. The first kappa shape index (κ1) is 11.2. The zero-order valence-electron chi connectivity index (χ0n) is 7.90. The number of benzene rings is 1. The number of carbonyl (C=O) groups excluding carboxylic acids is 1. The Bertz CT molecular complexity index is 412. The number of phenolic OH excluding ortho intramolecular Hbond substituents is 1. The van der Waals surface area contributed by atoms with Gasteiger partial charge in [-0.2, -0.15) is 0 Å². The fraction of sp³-hybridized carbons (Fsp3) is 0.200. The number of rotatable bonds is 3. The zero-order valence-corrected chi connectivity index (χ0v) is 7.90. The predicted molar refractivity (Wildman–Crippen MR) is 49.6 cm³/mol. The van der Waals surface area contributed by atoms with Crippen molar-refractivity contribution in [2.24, 2.45) is 0 Å². The topological polar surface area (TPSA) is 74.6 Å². The summed E-state index contributed by atoms with van der Waals surface area (Å²) in [5, 5.41) is 17.7. The molecular weight excluding hydrogens is 203 g/mol. The minimum atomic E-state index is -1.61. The Morgan fingerprint density at radius 3 is 2.47 bits per heavy atom. The molecule has 1 rings (SSSR count). The fourth-order valence-electron chi connectivity index (χ4n) is 1.14. The van der Waals surface area contributed by atoms with Crippen LogP contribution in [0.1, 0.15) is 29.0 Å². The smallest absolute Gasteiger partial charge is 0.377 e. The molecule has 0 saturated heterocycles. The molecule has 0 spiro atoms. The Balaban J connectivity index is 3.19. The van der Waals surface area contributed by atoms with Crippen LogP contribution in [0.3, 0.4) is 0 Å². The van der Waals surface area contributed by atoms with Gasteiger partial charge in [-0.1, -0.05) is 0 Å². The molecule has 80 valence electrons. The normalized spacial score (nSPS) is 12.1. The Morgan fingerprint density at radius 1 is 1.40 bits per heavy atom. The highest BCUT2D eigenvalue weighted by Gasteiger charge is 2.17. The molecule has 0 bridgehead atoms. The van der Waals surface area contributed by atoms with Crippen LogP contribution in [0.2, 0.25) is 0 Å². The standard InChI is InChI=1S/C10H9FO4/c1-5(11)7-4-6(2-3-8(7)12)9(13)10(14)15/h2-5,12H,1H3,(H,14,15). The van der Waals surface area contributed by atoms with E-state index in [4.69, 9.17) is 5.11 Å². The molecule has 0 fully saturated rings. The molecule has 0 heterocycles. The van der Waals surface area contributed by atoms with Crippen LogP contribution in [-0.4, -0.2) is 22.0 Å². The summed E-state index contributed by atoms with van der Waals surface area (Å²) in [5.41, 5.74) is -0.248. The summed E-state index contributed by atoms with van der Waals surface area (Å²) in [6.07, 6.45) is -1.47. The number of ketones is 1. The molecule has 1 atom stereocenters. The third-order valence-electron chi connectivity index (χ3n) is 1.91. The van der Waals surface area contributed by atoms with Gasteiger partial charge in [0.2, 0.25) is 0 Å². The summed E-state index contributed by atoms with van der Waals surface area (Å²) in [4.78, 5) is 21.4. The predicted octanol–water partition coefficient (Wildman–Crippen LogP) is 1.69. The van der Waals surface area contributed by atoms with Gasteiger partial charge in [0.1, 0.15) is 11.9 Å². The van der Waals surface area contributed by atoms with Crippen molar-refractivity contribution in [3.63, 3.8) is 0 Å². The summed E-state index contributed by atoms with van der Waals surface area (Å²) in [6.45, 7) is 1.18. The lowest BCUT2D eigenvalue weighted by atomic mass is 10.0. The second-order valence-corrected chi connectivity index (χ2v) is 3.02. The molecule has 15 heavy (non-hydrogen) atoms. The number of carboxylic acids is 1. The summed E-state index contributed by atoms with van der Waals surface area (Å²) in [5.74, 6) is -3.04. The highest BCUT2D eigenvalue weighted by Crippen LogP contribution is 2.27. The summed E-state index contributed by atoms with van der Waals surface area (Å²) in [6, 6.07) is 3.27. The zero-order chi connectivity index (χ0) is 11.6. The van der Waals surface area contributed by atoms with Gasteiger partial charge in [-0.3, -0.25) is 4.79 Å². The van der Waals surface area contributed by atoms with E-state index in [2.05, 4.69) is 0 Å². The number of Topliss-reactive ketones (excluding diaryl/α,β-unsaturated/α-hetero) is 1. The maximum absolute atomic E-state index is 12.9. The molecule has 0 radical (unpaired) electrons. The van der Waals surface area contributed by atoms with Gasteiger partial charge >= 0.3 is 5.97 Å². The monoisotopic (exact) mass is 212 g/mol. The van der Waals surface area contributed by atoms with E-state index in [9.17, 15) is 19.1 Å². The summed E-state index contributed by atoms with van der Waals surface area (Å²) < 4.78 is 12.9. The number of aromatic hydroxyl groups is 1. The molecule has 0 aliphatic heterocycles. The van der Waals surface area contributed by atoms with Crippen molar-refractivity contribution in [2.45, 2.75) is 13.1 Å². The molecule has 0 amide bonds. The van der Waals surface area contributed by atoms with Crippen molar-refractivity contribution < 1.29 is 24.2 Å². The van der Waals surface area contributed by atoms with E-state index in [0.717, 1.165) is 18.2 Å². The van der Waals surface area contributed by atoms with Crippen LogP contribution in [0.25, 0.3) is 0 Å².